The number of alkyl carbamates (subject to hydrolysis) is 1. The molecule has 1 aliphatic rings. The van der Waals surface area contributed by atoms with Crippen LogP contribution in [0.2, 0.25) is 0 Å². The lowest BCUT2D eigenvalue weighted by Crippen LogP contribution is -2.52. The summed E-state index contributed by atoms with van der Waals surface area (Å²) in [5, 5.41) is 5.91. The highest BCUT2D eigenvalue weighted by Gasteiger charge is 2.28. The van der Waals surface area contributed by atoms with Gasteiger partial charge in [0.25, 0.3) is 0 Å². The third-order valence-corrected chi connectivity index (χ3v) is 5.18. The van der Waals surface area contributed by atoms with Crippen LogP contribution in [0.15, 0.2) is 30.3 Å². The van der Waals surface area contributed by atoms with Gasteiger partial charge in [-0.15, -0.1) is 0 Å². The van der Waals surface area contributed by atoms with E-state index in [4.69, 9.17) is 4.74 Å². The number of hydrogen-bond donors (Lipinski definition) is 2. The van der Waals surface area contributed by atoms with Gasteiger partial charge in [0, 0.05) is 6.04 Å². The molecule has 0 bridgehead atoms. The van der Waals surface area contributed by atoms with Gasteiger partial charge >= 0.3 is 6.09 Å². The molecule has 5 heteroatoms. The van der Waals surface area contributed by atoms with Gasteiger partial charge in [0.15, 0.2) is 0 Å². The van der Waals surface area contributed by atoms with E-state index in [0.29, 0.717) is 0 Å². The largest absolute Gasteiger partial charge is 0.445 e. The molecular formula is C21H32N2O3. The molecule has 144 valence electrons. The Morgan fingerprint density at radius 1 is 1.12 bits per heavy atom. The fourth-order valence-corrected chi connectivity index (χ4v) is 3.31. The van der Waals surface area contributed by atoms with Crippen molar-refractivity contribution in [3.63, 3.8) is 0 Å². The summed E-state index contributed by atoms with van der Waals surface area (Å²) in [6.07, 6.45) is 7.11. The Hall–Kier alpha value is -2.04. The molecule has 26 heavy (non-hydrogen) atoms. The first-order valence-corrected chi connectivity index (χ1v) is 9.87. The second-order valence-corrected chi connectivity index (χ2v) is 7.27. The van der Waals surface area contributed by atoms with Crippen molar-refractivity contribution in [1.82, 2.24) is 10.6 Å². The summed E-state index contributed by atoms with van der Waals surface area (Å²) in [5.74, 6) is -0.0482. The van der Waals surface area contributed by atoms with E-state index in [1.807, 2.05) is 44.2 Å². The number of hydrogen-bond acceptors (Lipinski definition) is 3. The van der Waals surface area contributed by atoms with Crippen LogP contribution in [0.1, 0.15) is 64.4 Å². The van der Waals surface area contributed by atoms with E-state index in [9.17, 15) is 9.59 Å². The fourth-order valence-electron chi connectivity index (χ4n) is 3.31. The Morgan fingerprint density at radius 3 is 2.38 bits per heavy atom. The van der Waals surface area contributed by atoms with Crippen LogP contribution in [0.5, 0.6) is 0 Å². The lowest BCUT2D eigenvalue weighted by Gasteiger charge is -2.26. The van der Waals surface area contributed by atoms with Crippen LogP contribution in [-0.4, -0.2) is 24.1 Å². The highest BCUT2D eigenvalue weighted by atomic mass is 16.5. The third-order valence-electron chi connectivity index (χ3n) is 5.18. The van der Waals surface area contributed by atoms with Gasteiger partial charge in [-0.3, -0.25) is 4.79 Å². The van der Waals surface area contributed by atoms with Crippen molar-refractivity contribution < 1.29 is 14.3 Å². The summed E-state index contributed by atoms with van der Waals surface area (Å²) in [4.78, 5) is 24.9. The molecule has 1 aromatic rings. The van der Waals surface area contributed by atoms with Gasteiger partial charge in [0.2, 0.25) is 5.91 Å². The predicted molar refractivity (Wildman–Crippen MR) is 103 cm³/mol. The summed E-state index contributed by atoms with van der Waals surface area (Å²) in [7, 11) is 0. The molecule has 2 atom stereocenters. The van der Waals surface area contributed by atoms with Crippen molar-refractivity contribution in [2.45, 2.75) is 77.5 Å². The molecule has 0 aromatic heterocycles. The molecule has 2 amide bonds. The normalized spacial score (nSPS) is 17.6. The zero-order valence-electron chi connectivity index (χ0n) is 16.0. The molecule has 5 nitrogen and oxygen atoms in total. The molecule has 1 saturated carbocycles. The molecule has 2 N–H and O–H groups in total. The molecule has 0 heterocycles. The van der Waals surface area contributed by atoms with Gasteiger partial charge in [0.1, 0.15) is 12.6 Å². The fraction of sp³-hybridized carbons (Fsp3) is 0.619. The van der Waals surface area contributed by atoms with Crippen LogP contribution in [0.3, 0.4) is 0 Å². The lowest BCUT2D eigenvalue weighted by molar-refractivity contribution is -0.125. The lowest BCUT2D eigenvalue weighted by atomic mass is 9.97. The molecule has 0 saturated heterocycles. The van der Waals surface area contributed by atoms with Crippen molar-refractivity contribution in [2.75, 3.05) is 0 Å². The molecular weight excluding hydrogens is 328 g/mol. The van der Waals surface area contributed by atoms with Gasteiger partial charge in [-0.25, -0.2) is 4.79 Å². The van der Waals surface area contributed by atoms with Crippen molar-refractivity contribution in [2.24, 2.45) is 5.92 Å². The highest BCUT2D eigenvalue weighted by Crippen LogP contribution is 2.18. The summed E-state index contributed by atoms with van der Waals surface area (Å²) in [5.41, 5.74) is 0.922. The van der Waals surface area contributed by atoms with Gasteiger partial charge in [-0.1, -0.05) is 76.3 Å². The predicted octanol–water partition coefficient (Wildman–Crippen LogP) is 4.17. The van der Waals surface area contributed by atoms with E-state index in [-0.39, 0.29) is 24.5 Å². The van der Waals surface area contributed by atoms with Crippen molar-refractivity contribution in [3.05, 3.63) is 35.9 Å². The molecule has 0 aliphatic heterocycles. The minimum atomic E-state index is -0.563. The summed E-state index contributed by atoms with van der Waals surface area (Å²) in [6, 6.07) is 9.18. The number of carbonyl (C=O) groups is 2. The van der Waals surface area contributed by atoms with Gasteiger partial charge in [0.05, 0.1) is 0 Å². The van der Waals surface area contributed by atoms with E-state index in [1.165, 1.54) is 12.8 Å². The molecule has 1 aliphatic carbocycles. The average Bonchev–Trinajstić information content (AvgIpc) is 2.93. The Morgan fingerprint density at radius 2 is 1.77 bits per heavy atom. The molecule has 0 unspecified atom stereocenters. The number of rotatable bonds is 7. The van der Waals surface area contributed by atoms with E-state index >= 15 is 0 Å². The summed E-state index contributed by atoms with van der Waals surface area (Å²) < 4.78 is 5.28. The van der Waals surface area contributed by atoms with Crippen LogP contribution >= 0.6 is 0 Å². The van der Waals surface area contributed by atoms with Crippen LogP contribution in [0.4, 0.5) is 4.79 Å². The van der Waals surface area contributed by atoms with Crippen LogP contribution in [0.25, 0.3) is 0 Å². The molecule has 0 spiro atoms. The van der Waals surface area contributed by atoms with Gasteiger partial charge in [-0.05, 0) is 24.3 Å². The topological polar surface area (TPSA) is 67.4 Å². The highest BCUT2D eigenvalue weighted by molar-refractivity contribution is 5.86. The van der Waals surface area contributed by atoms with E-state index in [1.54, 1.807) is 0 Å². The molecule has 1 fully saturated rings. The number of ether oxygens (including phenoxy) is 1. The molecule has 0 radical (unpaired) electrons. The quantitative estimate of drug-likeness (QED) is 0.717. The van der Waals surface area contributed by atoms with Crippen LogP contribution in [0, 0.1) is 5.92 Å². The van der Waals surface area contributed by atoms with Crippen LogP contribution < -0.4 is 10.6 Å². The van der Waals surface area contributed by atoms with Crippen LogP contribution in [-0.2, 0) is 16.1 Å². The Balaban J connectivity index is 1.88. The Labute approximate surface area is 156 Å². The number of benzene rings is 1. The number of nitrogens with one attached hydrogen (secondary N) is 2. The zero-order valence-corrected chi connectivity index (χ0v) is 16.0. The van der Waals surface area contributed by atoms with E-state index in [2.05, 4.69) is 10.6 Å². The summed E-state index contributed by atoms with van der Waals surface area (Å²) in [6.45, 7) is 4.20. The van der Waals surface area contributed by atoms with Gasteiger partial charge in [-0.2, -0.15) is 0 Å². The number of carbonyl (C=O) groups excluding carboxylic acids is 2. The minimum Gasteiger partial charge on any atom is -0.445 e. The third kappa shape index (κ3) is 6.70. The molecule has 1 aromatic carbocycles. The van der Waals surface area contributed by atoms with Gasteiger partial charge < -0.3 is 15.4 Å². The van der Waals surface area contributed by atoms with Crippen molar-refractivity contribution >= 4 is 12.0 Å². The maximum Gasteiger partial charge on any atom is 0.408 e. The average molecular weight is 360 g/mol. The maximum absolute atomic E-state index is 12.8. The second-order valence-electron chi connectivity index (χ2n) is 7.27. The first-order chi connectivity index (χ1) is 12.6. The van der Waals surface area contributed by atoms with E-state index < -0.39 is 12.1 Å². The first kappa shape index (κ1) is 20.3. The zero-order chi connectivity index (χ0) is 18.8. The molecule has 2 rings (SSSR count). The Kier molecular flexibility index (Phi) is 8.45. The SMILES string of the molecule is CC[C@H](C)[C@H](NC(=O)OCc1ccccc1)C(=O)NC1CCCCCC1. The maximum atomic E-state index is 12.8. The number of amides is 2. The monoisotopic (exact) mass is 360 g/mol. The minimum absolute atomic E-state index is 0.0463. The summed E-state index contributed by atoms with van der Waals surface area (Å²) >= 11 is 0. The first-order valence-electron chi connectivity index (χ1n) is 9.87. The smallest absolute Gasteiger partial charge is 0.408 e. The Bertz CT molecular complexity index is 554. The van der Waals surface area contributed by atoms with Crippen molar-refractivity contribution in [3.8, 4) is 0 Å². The standard InChI is InChI=1S/C21H32N2O3/c1-3-16(2)19(20(24)22-18-13-9-4-5-10-14-18)23-21(25)26-15-17-11-7-6-8-12-17/h6-8,11-12,16,18-19H,3-5,9-10,13-15H2,1-2H3,(H,22,24)(H,23,25)/t16-,19-/m0/s1. The second kappa shape index (κ2) is 10.8. The van der Waals surface area contributed by atoms with E-state index in [0.717, 1.165) is 37.7 Å². The van der Waals surface area contributed by atoms with Crippen molar-refractivity contribution in [1.29, 1.82) is 0 Å².